The molecule has 0 bridgehead atoms. The molecule has 1 heterocycles. The summed E-state index contributed by atoms with van der Waals surface area (Å²) in [6.07, 6.45) is 0. The van der Waals surface area contributed by atoms with Crippen LogP contribution in [0.3, 0.4) is 0 Å². The summed E-state index contributed by atoms with van der Waals surface area (Å²) in [7, 11) is 0. The number of benzene rings is 2. The first-order valence-electron chi connectivity index (χ1n) is 6.75. The van der Waals surface area contributed by atoms with Crippen LogP contribution in [-0.4, -0.2) is 6.61 Å². The zero-order valence-electron chi connectivity index (χ0n) is 11.8. The van der Waals surface area contributed by atoms with Crippen LogP contribution in [0.2, 0.25) is 0 Å². The zero-order chi connectivity index (χ0) is 15.2. The Morgan fingerprint density at radius 2 is 2.00 bits per heavy atom. The van der Waals surface area contributed by atoms with Crippen molar-refractivity contribution in [2.75, 3.05) is 6.61 Å². The molecule has 2 aromatic carbocycles. The summed E-state index contributed by atoms with van der Waals surface area (Å²) in [6.45, 7) is 4.95. The Hall–Kier alpha value is -1.06. The third kappa shape index (κ3) is 2.69. The Kier molecular flexibility index (Phi) is 3.74. The highest BCUT2D eigenvalue weighted by Gasteiger charge is 2.32. The molecule has 110 valence electrons. The van der Waals surface area contributed by atoms with Crippen LogP contribution in [0.15, 0.2) is 40.9 Å². The fraction of sp³-hybridized carbons (Fsp3) is 0.294. The van der Waals surface area contributed by atoms with Crippen LogP contribution in [0.1, 0.15) is 35.9 Å². The lowest BCUT2D eigenvalue weighted by atomic mass is 9.85. The molecule has 0 spiro atoms. The molecule has 0 amide bonds. The molecule has 1 aliphatic heterocycles. The predicted molar refractivity (Wildman–Crippen MR) is 86.8 cm³/mol. The third-order valence-corrected chi connectivity index (χ3v) is 5.05. The fourth-order valence-corrected chi connectivity index (χ4v) is 3.51. The topological polar surface area (TPSA) is 9.23 Å². The van der Waals surface area contributed by atoms with Gasteiger partial charge in [-0.2, -0.15) is 0 Å². The Morgan fingerprint density at radius 3 is 2.76 bits per heavy atom. The van der Waals surface area contributed by atoms with E-state index >= 15 is 0 Å². The van der Waals surface area contributed by atoms with E-state index in [-0.39, 0.29) is 11.2 Å². The number of rotatable bonds is 2. The van der Waals surface area contributed by atoms with Crippen molar-refractivity contribution >= 4 is 27.5 Å². The molecule has 0 aromatic heterocycles. The van der Waals surface area contributed by atoms with Crippen LogP contribution in [0, 0.1) is 5.82 Å². The van der Waals surface area contributed by atoms with Gasteiger partial charge in [-0.05, 0) is 41.5 Å². The monoisotopic (exact) mass is 368 g/mol. The van der Waals surface area contributed by atoms with E-state index in [1.165, 1.54) is 12.1 Å². The SMILES string of the molecule is CC1(C)COc2ccc(C(Cl)c3cc(F)ccc3Br)cc21. The van der Waals surface area contributed by atoms with E-state index in [4.69, 9.17) is 16.3 Å². The predicted octanol–water partition coefficient (Wildman–Crippen LogP) is 5.59. The molecular formula is C17H15BrClFO. The van der Waals surface area contributed by atoms with Crippen molar-refractivity contribution in [3.05, 3.63) is 63.4 Å². The van der Waals surface area contributed by atoms with Gasteiger partial charge in [0.25, 0.3) is 0 Å². The van der Waals surface area contributed by atoms with Crippen molar-refractivity contribution in [2.45, 2.75) is 24.6 Å². The molecule has 1 unspecified atom stereocenters. The second kappa shape index (κ2) is 5.29. The van der Waals surface area contributed by atoms with Crippen molar-refractivity contribution in [1.29, 1.82) is 0 Å². The molecule has 1 nitrogen and oxygen atoms in total. The van der Waals surface area contributed by atoms with Crippen molar-refractivity contribution in [2.24, 2.45) is 0 Å². The summed E-state index contributed by atoms with van der Waals surface area (Å²) in [6, 6.07) is 10.5. The fourth-order valence-electron chi connectivity index (χ4n) is 2.58. The maximum Gasteiger partial charge on any atom is 0.123 e. The second-order valence-corrected chi connectivity index (χ2v) is 7.25. The van der Waals surface area contributed by atoms with Crippen molar-refractivity contribution < 1.29 is 9.13 Å². The zero-order valence-corrected chi connectivity index (χ0v) is 14.1. The lowest BCUT2D eigenvalue weighted by Gasteiger charge is -2.18. The van der Waals surface area contributed by atoms with Gasteiger partial charge in [-0.3, -0.25) is 0 Å². The normalized spacial score (nSPS) is 17.2. The van der Waals surface area contributed by atoms with Gasteiger partial charge in [0, 0.05) is 15.5 Å². The first kappa shape index (κ1) is 14.9. The molecule has 0 aliphatic carbocycles. The minimum atomic E-state index is -0.406. The van der Waals surface area contributed by atoms with Gasteiger partial charge in [-0.25, -0.2) is 4.39 Å². The second-order valence-electron chi connectivity index (χ2n) is 5.96. The summed E-state index contributed by atoms with van der Waals surface area (Å²) in [5, 5.41) is -0.406. The van der Waals surface area contributed by atoms with Gasteiger partial charge in [0.15, 0.2) is 0 Å². The largest absolute Gasteiger partial charge is 0.492 e. The molecule has 21 heavy (non-hydrogen) atoms. The van der Waals surface area contributed by atoms with E-state index in [1.54, 1.807) is 6.07 Å². The van der Waals surface area contributed by atoms with Crippen LogP contribution >= 0.6 is 27.5 Å². The van der Waals surface area contributed by atoms with Crippen molar-refractivity contribution in [3.8, 4) is 5.75 Å². The third-order valence-electron chi connectivity index (χ3n) is 3.85. The Balaban J connectivity index is 2.03. The Bertz CT molecular complexity index is 699. The Morgan fingerprint density at radius 1 is 1.24 bits per heavy atom. The van der Waals surface area contributed by atoms with Gasteiger partial charge in [-0.1, -0.05) is 35.8 Å². The van der Waals surface area contributed by atoms with E-state index in [1.807, 2.05) is 12.1 Å². The lowest BCUT2D eigenvalue weighted by molar-refractivity contribution is 0.291. The first-order valence-corrected chi connectivity index (χ1v) is 7.98. The molecule has 2 aromatic rings. The van der Waals surface area contributed by atoms with Crippen LogP contribution < -0.4 is 4.74 Å². The molecule has 0 N–H and O–H groups in total. The first-order chi connectivity index (χ1) is 9.88. The number of halogens is 3. The number of ether oxygens (including phenoxy) is 1. The average molecular weight is 370 g/mol. The molecule has 0 saturated heterocycles. The number of hydrogen-bond acceptors (Lipinski definition) is 1. The molecule has 4 heteroatoms. The highest BCUT2D eigenvalue weighted by Crippen LogP contribution is 2.42. The van der Waals surface area contributed by atoms with Crippen LogP contribution in [0.5, 0.6) is 5.75 Å². The number of alkyl halides is 1. The molecule has 0 saturated carbocycles. The van der Waals surface area contributed by atoms with E-state index in [9.17, 15) is 4.39 Å². The van der Waals surface area contributed by atoms with Gasteiger partial charge >= 0.3 is 0 Å². The lowest BCUT2D eigenvalue weighted by Crippen LogP contribution is -2.18. The highest BCUT2D eigenvalue weighted by atomic mass is 79.9. The van der Waals surface area contributed by atoms with Gasteiger partial charge in [0.1, 0.15) is 11.6 Å². The minimum Gasteiger partial charge on any atom is -0.492 e. The molecule has 0 radical (unpaired) electrons. The van der Waals surface area contributed by atoms with E-state index < -0.39 is 5.38 Å². The summed E-state index contributed by atoms with van der Waals surface area (Å²) < 4.78 is 20.0. The van der Waals surface area contributed by atoms with Gasteiger partial charge in [0.2, 0.25) is 0 Å². The summed E-state index contributed by atoms with van der Waals surface area (Å²) >= 11 is 10.0. The summed E-state index contributed by atoms with van der Waals surface area (Å²) in [5.41, 5.74) is 2.80. The van der Waals surface area contributed by atoms with Gasteiger partial charge in [-0.15, -0.1) is 11.6 Å². The molecule has 0 fully saturated rings. The standard InChI is InChI=1S/C17H15BrClFO/c1-17(2)9-21-15-6-3-10(7-13(15)17)16(19)12-8-11(20)4-5-14(12)18/h3-8,16H,9H2,1-2H3. The molecule has 1 atom stereocenters. The van der Waals surface area contributed by atoms with Gasteiger partial charge < -0.3 is 4.74 Å². The van der Waals surface area contributed by atoms with Gasteiger partial charge in [0.05, 0.1) is 12.0 Å². The van der Waals surface area contributed by atoms with Crippen molar-refractivity contribution in [1.82, 2.24) is 0 Å². The number of fused-ring (bicyclic) bond motifs is 1. The number of hydrogen-bond donors (Lipinski definition) is 0. The smallest absolute Gasteiger partial charge is 0.123 e. The Labute approximate surface area is 137 Å². The minimum absolute atomic E-state index is 0.0267. The maximum absolute atomic E-state index is 13.5. The van der Waals surface area contributed by atoms with Crippen LogP contribution in [0.25, 0.3) is 0 Å². The maximum atomic E-state index is 13.5. The average Bonchev–Trinajstić information content (AvgIpc) is 2.76. The summed E-state index contributed by atoms with van der Waals surface area (Å²) in [5.74, 6) is 0.620. The van der Waals surface area contributed by atoms with E-state index in [0.29, 0.717) is 6.61 Å². The van der Waals surface area contributed by atoms with Crippen LogP contribution in [-0.2, 0) is 5.41 Å². The van der Waals surface area contributed by atoms with E-state index in [0.717, 1.165) is 26.9 Å². The quantitative estimate of drug-likeness (QED) is 0.627. The molecule has 1 aliphatic rings. The van der Waals surface area contributed by atoms with Crippen molar-refractivity contribution in [3.63, 3.8) is 0 Å². The molecular weight excluding hydrogens is 355 g/mol. The highest BCUT2D eigenvalue weighted by molar-refractivity contribution is 9.10. The van der Waals surface area contributed by atoms with Crippen LogP contribution in [0.4, 0.5) is 4.39 Å². The molecule has 3 rings (SSSR count). The summed E-state index contributed by atoms with van der Waals surface area (Å²) in [4.78, 5) is 0. The van der Waals surface area contributed by atoms with E-state index in [2.05, 4.69) is 35.8 Å².